The van der Waals surface area contributed by atoms with E-state index in [1.54, 1.807) is 30.0 Å². The van der Waals surface area contributed by atoms with Gasteiger partial charge in [0.2, 0.25) is 0 Å². The average Bonchev–Trinajstić information content (AvgIpc) is 3.24. The van der Waals surface area contributed by atoms with E-state index < -0.39 is 0 Å². The van der Waals surface area contributed by atoms with E-state index in [1.807, 2.05) is 35.7 Å². The van der Waals surface area contributed by atoms with E-state index >= 15 is 0 Å². The molecule has 3 heterocycles. The zero-order valence-electron chi connectivity index (χ0n) is 11.8. The number of hydrogen-bond acceptors (Lipinski definition) is 4. The van der Waals surface area contributed by atoms with Gasteiger partial charge in [0, 0.05) is 29.4 Å². The van der Waals surface area contributed by atoms with Crippen molar-refractivity contribution >= 4 is 17.4 Å². The molecule has 0 bridgehead atoms. The first-order valence-electron chi connectivity index (χ1n) is 6.83. The van der Waals surface area contributed by atoms with Crippen LogP contribution in [0.3, 0.4) is 0 Å². The summed E-state index contributed by atoms with van der Waals surface area (Å²) in [5.41, 5.74) is 1.81. The molecule has 0 aliphatic heterocycles. The Bertz CT molecular complexity index is 724. The van der Waals surface area contributed by atoms with Crippen LogP contribution in [0.4, 0.5) is 4.79 Å². The van der Waals surface area contributed by atoms with Crippen molar-refractivity contribution in [1.82, 2.24) is 15.6 Å². The second kappa shape index (κ2) is 6.91. The molecular weight excluding hydrogens is 298 g/mol. The summed E-state index contributed by atoms with van der Waals surface area (Å²) in [5.74, 6) is 0.761. The van der Waals surface area contributed by atoms with Crippen LogP contribution in [0.2, 0.25) is 0 Å². The number of carbonyl (C=O) groups is 1. The molecule has 3 aromatic rings. The Hall–Kier alpha value is -2.60. The monoisotopic (exact) mass is 313 g/mol. The number of hydrogen-bond donors (Lipinski definition) is 2. The van der Waals surface area contributed by atoms with E-state index in [0.717, 1.165) is 21.8 Å². The molecule has 6 heteroatoms. The van der Waals surface area contributed by atoms with Crippen LogP contribution in [-0.2, 0) is 13.1 Å². The molecule has 0 aliphatic rings. The summed E-state index contributed by atoms with van der Waals surface area (Å²) >= 11 is 1.62. The van der Waals surface area contributed by atoms with Gasteiger partial charge in [-0.15, -0.1) is 11.3 Å². The van der Waals surface area contributed by atoms with E-state index in [9.17, 15) is 4.79 Å². The number of rotatable bonds is 5. The number of furan rings is 1. The quantitative estimate of drug-likeness (QED) is 0.758. The number of pyridine rings is 1. The van der Waals surface area contributed by atoms with Crippen LogP contribution < -0.4 is 10.6 Å². The van der Waals surface area contributed by atoms with Gasteiger partial charge in [-0.05, 0) is 35.2 Å². The number of carbonyl (C=O) groups excluding carboxylic acids is 1. The van der Waals surface area contributed by atoms with E-state index in [2.05, 4.69) is 15.6 Å². The van der Waals surface area contributed by atoms with Crippen molar-refractivity contribution in [3.63, 3.8) is 0 Å². The lowest BCUT2D eigenvalue weighted by Gasteiger charge is -2.07. The maximum atomic E-state index is 11.8. The van der Waals surface area contributed by atoms with Gasteiger partial charge >= 0.3 is 6.03 Å². The maximum Gasteiger partial charge on any atom is 0.315 e. The van der Waals surface area contributed by atoms with E-state index in [0.29, 0.717) is 13.1 Å². The van der Waals surface area contributed by atoms with E-state index in [4.69, 9.17) is 4.42 Å². The predicted octanol–water partition coefficient (Wildman–Crippen LogP) is 3.40. The molecule has 0 saturated heterocycles. The van der Waals surface area contributed by atoms with Gasteiger partial charge in [-0.3, -0.25) is 4.98 Å². The van der Waals surface area contributed by atoms with Crippen LogP contribution in [0, 0.1) is 0 Å². The molecule has 0 aliphatic carbocycles. The smallest absolute Gasteiger partial charge is 0.315 e. The van der Waals surface area contributed by atoms with Gasteiger partial charge in [0.1, 0.15) is 5.76 Å². The number of nitrogens with zero attached hydrogens (tertiary/aromatic N) is 1. The van der Waals surface area contributed by atoms with Gasteiger partial charge in [-0.2, -0.15) is 0 Å². The molecule has 22 heavy (non-hydrogen) atoms. The fourth-order valence-electron chi connectivity index (χ4n) is 1.99. The summed E-state index contributed by atoms with van der Waals surface area (Å²) in [6.45, 7) is 0.950. The van der Waals surface area contributed by atoms with Gasteiger partial charge in [0.05, 0.1) is 12.8 Å². The molecule has 0 saturated carbocycles. The maximum absolute atomic E-state index is 11.8. The van der Waals surface area contributed by atoms with Crippen LogP contribution in [0.5, 0.6) is 0 Å². The van der Waals surface area contributed by atoms with Crippen molar-refractivity contribution < 1.29 is 9.21 Å². The van der Waals surface area contributed by atoms with Crippen LogP contribution in [0.1, 0.15) is 10.4 Å². The Morgan fingerprint density at radius 3 is 2.86 bits per heavy atom. The third kappa shape index (κ3) is 3.73. The van der Waals surface area contributed by atoms with Gasteiger partial charge in [-0.1, -0.05) is 6.07 Å². The fourth-order valence-corrected chi connectivity index (χ4v) is 2.63. The Morgan fingerprint density at radius 2 is 2.09 bits per heavy atom. The summed E-state index contributed by atoms with van der Waals surface area (Å²) in [4.78, 5) is 17.1. The lowest BCUT2D eigenvalue weighted by atomic mass is 10.1. The molecule has 112 valence electrons. The standard InChI is InChI=1S/C16H15N3O2S/c20-16(19-11-14-3-2-6-22-14)18-9-12-7-13(10-17-8-12)15-4-1-5-21-15/h1-8,10H,9,11H2,(H2,18,19,20). The van der Waals surface area contributed by atoms with Crippen LogP contribution in [0.25, 0.3) is 11.3 Å². The van der Waals surface area contributed by atoms with Gasteiger partial charge in [0.15, 0.2) is 0 Å². The number of urea groups is 1. The molecule has 0 spiro atoms. The van der Waals surface area contributed by atoms with Crippen LogP contribution in [0.15, 0.2) is 58.8 Å². The predicted molar refractivity (Wildman–Crippen MR) is 85.3 cm³/mol. The lowest BCUT2D eigenvalue weighted by molar-refractivity contribution is 0.240. The first-order valence-corrected chi connectivity index (χ1v) is 7.71. The average molecular weight is 313 g/mol. The summed E-state index contributed by atoms with van der Waals surface area (Å²) < 4.78 is 5.34. The summed E-state index contributed by atoms with van der Waals surface area (Å²) in [6.07, 6.45) is 5.09. The summed E-state index contributed by atoms with van der Waals surface area (Å²) in [6, 6.07) is 9.41. The second-order valence-corrected chi connectivity index (χ2v) is 5.71. The molecule has 0 atom stereocenters. The molecule has 5 nitrogen and oxygen atoms in total. The first kappa shape index (κ1) is 14.3. The molecule has 3 aromatic heterocycles. The highest BCUT2D eigenvalue weighted by Crippen LogP contribution is 2.19. The Labute approximate surface area is 132 Å². The number of amides is 2. The van der Waals surface area contributed by atoms with Crippen molar-refractivity contribution in [2.75, 3.05) is 0 Å². The van der Waals surface area contributed by atoms with Crippen molar-refractivity contribution in [2.45, 2.75) is 13.1 Å². The first-order chi connectivity index (χ1) is 10.8. The highest BCUT2D eigenvalue weighted by molar-refractivity contribution is 7.09. The van der Waals surface area contributed by atoms with Crippen LogP contribution in [-0.4, -0.2) is 11.0 Å². The highest BCUT2D eigenvalue weighted by Gasteiger charge is 2.05. The molecular formula is C16H15N3O2S. The van der Waals surface area contributed by atoms with Crippen molar-refractivity contribution in [1.29, 1.82) is 0 Å². The van der Waals surface area contributed by atoms with Gasteiger partial charge in [-0.25, -0.2) is 4.79 Å². The summed E-state index contributed by atoms with van der Waals surface area (Å²) in [7, 11) is 0. The third-order valence-corrected chi connectivity index (χ3v) is 3.93. The molecule has 0 radical (unpaired) electrons. The number of nitrogens with one attached hydrogen (secondary N) is 2. The lowest BCUT2D eigenvalue weighted by Crippen LogP contribution is -2.34. The largest absolute Gasteiger partial charge is 0.464 e. The molecule has 0 aromatic carbocycles. The number of thiophene rings is 1. The Balaban J connectivity index is 1.53. The Kier molecular flexibility index (Phi) is 4.50. The van der Waals surface area contributed by atoms with Crippen LogP contribution >= 0.6 is 11.3 Å². The zero-order chi connectivity index (χ0) is 15.2. The minimum atomic E-state index is -0.197. The topological polar surface area (TPSA) is 67.2 Å². The third-order valence-electron chi connectivity index (χ3n) is 3.06. The van der Waals surface area contributed by atoms with Gasteiger partial charge < -0.3 is 15.1 Å². The SMILES string of the molecule is O=C(NCc1cncc(-c2ccco2)c1)NCc1cccs1. The molecule has 0 unspecified atom stereocenters. The molecule has 0 fully saturated rings. The van der Waals surface area contributed by atoms with Crippen molar-refractivity contribution in [3.05, 3.63) is 64.8 Å². The van der Waals surface area contributed by atoms with Crippen molar-refractivity contribution in [2.24, 2.45) is 0 Å². The van der Waals surface area contributed by atoms with Crippen molar-refractivity contribution in [3.8, 4) is 11.3 Å². The fraction of sp³-hybridized carbons (Fsp3) is 0.125. The highest BCUT2D eigenvalue weighted by atomic mass is 32.1. The molecule has 2 N–H and O–H groups in total. The molecule has 2 amide bonds. The second-order valence-electron chi connectivity index (χ2n) is 4.67. The molecule has 3 rings (SSSR count). The minimum absolute atomic E-state index is 0.197. The zero-order valence-corrected chi connectivity index (χ0v) is 12.6. The number of aromatic nitrogens is 1. The van der Waals surface area contributed by atoms with E-state index in [-0.39, 0.29) is 6.03 Å². The summed E-state index contributed by atoms with van der Waals surface area (Å²) in [5, 5.41) is 7.62. The normalized spacial score (nSPS) is 10.4. The Morgan fingerprint density at radius 1 is 1.18 bits per heavy atom. The van der Waals surface area contributed by atoms with E-state index in [1.165, 1.54) is 0 Å². The van der Waals surface area contributed by atoms with Gasteiger partial charge in [0.25, 0.3) is 0 Å². The minimum Gasteiger partial charge on any atom is -0.464 e.